The van der Waals surface area contributed by atoms with Crippen LogP contribution in [0.15, 0.2) is 55.0 Å². The van der Waals surface area contributed by atoms with Crippen LogP contribution in [0.2, 0.25) is 0 Å². The maximum atomic E-state index is 13.1. The Bertz CT molecular complexity index is 957. The number of carbonyl (C=O) groups excluding carboxylic acids is 1. The van der Waals surface area contributed by atoms with E-state index >= 15 is 0 Å². The van der Waals surface area contributed by atoms with Gasteiger partial charge in [0.05, 0.1) is 36.2 Å². The molecule has 2 bridgehead atoms. The van der Waals surface area contributed by atoms with E-state index in [4.69, 9.17) is 4.74 Å². The molecule has 6 heteroatoms. The third kappa shape index (κ3) is 3.11. The zero-order valence-electron chi connectivity index (χ0n) is 15.0. The molecule has 0 saturated carbocycles. The van der Waals surface area contributed by atoms with Gasteiger partial charge in [0, 0.05) is 35.9 Å². The molecule has 0 aliphatic carbocycles. The molecule has 0 spiro atoms. The number of hydrogen-bond donors (Lipinski definition) is 2. The highest BCUT2D eigenvalue weighted by Gasteiger charge is 2.33. The zero-order valence-corrected chi connectivity index (χ0v) is 15.0. The summed E-state index contributed by atoms with van der Waals surface area (Å²) < 4.78 is 7.63. The molecule has 2 aliphatic rings. The van der Waals surface area contributed by atoms with Gasteiger partial charge in [0.1, 0.15) is 0 Å². The minimum atomic E-state index is -0.0141. The molecule has 2 saturated heterocycles. The first-order valence-electron chi connectivity index (χ1n) is 9.43. The van der Waals surface area contributed by atoms with Gasteiger partial charge in [-0.15, -0.1) is 0 Å². The molecule has 2 aliphatic heterocycles. The van der Waals surface area contributed by atoms with E-state index in [0.717, 1.165) is 42.6 Å². The molecule has 2 N–H and O–H groups in total. The van der Waals surface area contributed by atoms with Crippen molar-refractivity contribution < 1.29 is 9.53 Å². The lowest BCUT2D eigenvalue weighted by atomic mass is 9.92. The lowest BCUT2D eigenvalue weighted by Crippen LogP contribution is -2.58. The summed E-state index contributed by atoms with van der Waals surface area (Å²) in [6.45, 7) is 1.45. The quantitative estimate of drug-likeness (QED) is 0.750. The van der Waals surface area contributed by atoms with Crippen molar-refractivity contribution in [2.24, 2.45) is 0 Å². The Labute approximate surface area is 157 Å². The summed E-state index contributed by atoms with van der Waals surface area (Å²) >= 11 is 0. The average Bonchev–Trinajstić information content (AvgIpc) is 3.08. The molecule has 5 rings (SSSR count). The van der Waals surface area contributed by atoms with Crippen LogP contribution in [0, 0.1) is 0 Å². The van der Waals surface area contributed by atoms with Gasteiger partial charge >= 0.3 is 0 Å². The minimum Gasteiger partial charge on any atom is -0.378 e. The first-order valence-corrected chi connectivity index (χ1v) is 9.43. The fourth-order valence-electron chi connectivity index (χ4n) is 4.29. The van der Waals surface area contributed by atoms with Crippen LogP contribution >= 0.6 is 0 Å². The lowest BCUT2D eigenvalue weighted by Gasteiger charge is -2.40. The van der Waals surface area contributed by atoms with Gasteiger partial charge in [-0.2, -0.15) is 0 Å². The molecule has 3 aromatic rings. The Balaban J connectivity index is 1.45. The number of fused-ring (bicyclic) bond motifs is 3. The smallest absolute Gasteiger partial charge is 0.253 e. The van der Waals surface area contributed by atoms with E-state index < -0.39 is 0 Å². The van der Waals surface area contributed by atoms with Crippen molar-refractivity contribution in [2.45, 2.75) is 31.0 Å². The number of piperidine rings is 1. The fraction of sp³-hybridized carbons (Fsp3) is 0.333. The van der Waals surface area contributed by atoms with E-state index in [-0.39, 0.29) is 11.9 Å². The van der Waals surface area contributed by atoms with Crippen LogP contribution in [0.1, 0.15) is 23.2 Å². The number of carbonyl (C=O) groups is 1. The Hall–Kier alpha value is -2.70. The number of aromatic nitrogens is 2. The molecule has 0 radical (unpaired) electrons. The minimum absolute atomic E-state index is 0.0141. The van der Waals surface area contributed by atoms with E-state index in [1.54, 1.807) is 6.20 Å². The van der Waals surface area contributed by atoms with Crippen molar-refractivity contribution >= 4 is 16.8 Å². The number of ether oxygens (including phenoxy) is 1. The van der Waals surface area contributed by atoms with Gasteiger partial charge in [0.2, 0.25) is 0 Å². The molecular weight excluding hydrogens is 340 g/mol. The number of para-hydroxylation sites is 1. The first-order chi connectivity index (χ1) is 13.3. The van der Waals surface area contributed by atoms with E-state index in [1.165, 1.54) is 0 Å². The van der Waals surface area contributed by atoms with E-state index in [0.29, 0.717) is 17.6 Å². The van der Waals surface area contributed by atoms with Gasteiger partial charge in [0.15, 0.2) is 0 Å². The lowest BCUT2D eigenvalue weighted by molar-refractivity contribution is 0.0148. The third-order valence-electron chi connectivity index (χ3n) is 5.46. The van der Waals surface area contributed by atoms with Gasteiger partial charge in [0.25, 0.3) is 5.91 Å². The summed E-state index contributed by atoms with van der Waals surface area (Å²) in [5.74, 6) is -0.0141. The predicted octanol–water partition coefficient (Wildman–Crippen LogP) is 2.27. The molecule has 6 nitrogen and oxygen atoms in total. The predicted molar refractivity (Wildman–Crippen MR) is 103 cm³/mol. The van der Waals surface area contributed by atoms with Gasteiger partial charge in [-0.1, -0.05) is 18.2 Å². The van der Waals surface area contributed by atoms with Crippen molar-refractivity contribution in [3.05, 3.63) is 60.6 Å². The summed E-state index contributed by atoms with van der Waals surface area (Å²) in [5, 5.41) is 7.78. The van der Waals surface area contributed by atoms with Crippen LogP contribution in [-0.4, -0.2) is 46.8 Å². The highest BCUT2D eigenvalue weighted by atomic mass is 16.5. The van der Waals surface area contributed by atoms with Crippen LogP contribution in [0.5, 0.6) is 0 Å². The molecule has 27 heavy (non-hydrogen) atoms. The number of nitrogens with one attached hydrogen (secondary N) is 2. The highest BCUT2D eigenvalue weighted by Crippen LogP contribution is 2.25. The van der Waals surface area contributed by atoms with Crippen molar-refractivity contribution in [2.75, 3.05) is 13.2 Å². The van der Waals surface area contributed by atoms with Gasteiger partial charge in [-0.05, 0) is 31.0 Å². The molecule has 138 valence electrons. The number of pyridine rings is 1. The second kappa shape index (κ2) is 6.79. The first kappa shape index (κ1) is 16.5. The van der Waals surface area contributed by atoms with Crippen molar-refractivity contribution in [3.63, 3.8) is 0 Å². The molecule has 2 fully saturated rings. The van der Waals surface area contributed by atoms with Crippen molar-refractivity contribution in [1.82, 2.24) is 20.2 Å². The summed E-state index contributed by atoms with van der Waals surface area (Å²) in [5.41, 5.74) is 2.65. The summed E-state index contributed by atoms with van der Waals surface area (Å²) in [6.07, 6.45) is 7.29. The van der Waals surface area contributed by atoms with Crippen LogP contribution < -0.4 is 10.6 Å². The Morgan fingerprint density at radius 1 is 1.15 bits per heavy atom. The number of hydrogen-bond acceptors (Lipinski definition) is 4. The number of rotatable bonds is 3. The number of benzene rings is 1. The fourth-order valence-corrected chi connectivity index (χ4v) is 4.29. The highest BCUT2D eigenvalue weighted by molar-refractivity contribution is 6.07. The topological polar surface area (TPSA) is 68.2 Å². The Morgan fingerprint density at radius 2 is 1.96 bits per heavy atom. The maximum Gasteiger partial charge on any atom is 0.253 e. The zero-order chi connectivity index (χ0) is 18.2. The van der Waals surface area contributed by atoms with Crippen molar-refractivity contribution in [1.29, 1.82) is 0 Å². The average molecular weight is 362 g/mol. The number of amides is 1. The molecule has 1 amide bonds. The number of nitrogens with zero attached hydrogens (tertiary/aromatic N) is 2. The van der Waals surface area contributed by atoms with Crippen LogP contribution in [0.3, 0.4) is 0 Å². The summed E-state index contributed by atoms with van der Waals surface area (Å²) in [7, 11) is 0. The Morgan fingerprint density at radius 3 is 2.74 bits per heavy atom. The van der Waals surface area contributed by atoms with E-state index in [2.05, 4.69) is 15.6 Å². The Kier molecular flexibility index (Phi) is 4.14. The van der Waals surface area contributed by atoms with Crippen molar-refractivity contribution in [3.8, 4) is 5.69 Å². The van der Waals surface area contributed by atoms with Crippen LogP contribution in [-0.2, 0) is 4.74 Å². The second-order valence-electron chi connectivity index (χ2n) is 7.38. The monoisotopic (exact) mass is 362 g/mol. The maximum absolute atomic E-state index is 13.1. The number of morpholine rings is 1. The standard InChI is InChI=1S/C21H22N4O2/c26-21(24-14-8-15-12-27-13-16(9-14)23-15)19-11-25(17-4-3-7-22-10-17)20-6-2-1-5-18(19)20/h1-7,10-11,14-16,23H,8-9,12-13H2,(H,24,26)/t14?,15-,16+. The van der Waals surface area contributed by atoms with Crippen LogP contribution in [0.25, 0.3) is 16.6 Å². The molecular formula is C21H22N4O2. The molecule has 4 heterocycles. The van der Waals surface area contributed by atoms with E-state index in [1.807, 2.05) is 53.4 Å². The summed E-state index contributed by atoms with van der Waals surface area (Å²) in [6, 6.07) is 12.7. The molecule has 1 unspecified atom stereocenters. The third-order valence-corrected chi connectivity index (χ3v) is 5.46. The van der Waals surface area contributed by atoms with Gasteiger partial charge in [-0.3, -0.25) is 9.78 Å². The normalized spacial score (nSPS) is 24.7. The van der Waals surface area contributed by atoms with Gasteiger partial charge in [-0.25, -0.2) is 0 Å². The van der Waals surface area contributed by atoms with Gasteiger partial charge < -0.3 is 19.9 Å². The second-order valence-corrected chi connectivity index (χ2v) is 7.38. The molecule has 2 aromatic heterocycles. The van der Waals surface area contributed by atoms with Crippen LogP contribution in [0.4, 0.5) is 0 Å². The largest absolute Gasteiger partial charge is 0.378 e. The summed E-state index contributed by atoms with van der Waals surface area (Å²) in [4.78, 5) is 17.3. The van der Waals surface area contributed by atoms with E-state index in [9.17, 15) is 4.79 Å². The molecule has 3 atom stereocenters. The molecule has 1 aromatic carbocycles. The SMILES string of the molecule is O=C(NC1C[C@H]2COC[C@@H](C1)N2)c1cn(-c2cccnc2)c2ccccc12.